The highest BCUT2D eigenvalue weighted by molar-refractivity contribution is 5.33. The van der Waals surface area contributed by atoms with Crippen LogP contribution in [-0.4, -0.2) is 36.3 Å². The van der Waals surface area contributed by atoms with Gasteiger partial charge in [0, 0.05) is 30.4 Å². The molecule has 0 aliphatic carbocycles. The molecule has 1 aromatic rings. The minimum atomic E-state index is 0.410. The average Bonchev–Trinajstić information content (AvgIpc) is 2.62. The molecule has 0 atom stereocenters. The van der Waals surface area contributed by atoms with Crippen LogP contribution in [0.2, 0.25) is 0 Å². The molecule has 1 spiro atoms. The van der Waals surface area contributed by atoms with Gasteiger partial charge in [-0.3, -0.25) is 0 Å². The number of hydrogen-bond donors (Lipinski definition) is 0. The van der Waals surface area contributed by atoms with Gasteiger partial charge in [-0.15, -0.1) is 0 Å². The molecular weight excluding hydrogens is 190 g/mol. The van der Waals surface area contributed by atoms with Gasteiger partial charge in [0.1, 0.15) is 0 Å². The summed E-state index contributed by atoms with van der Waals surface area (Å²) in [4.78, 5) is 11.0. The number of rotatable bonds is 1. The molecule has 0 aromatic carbocycles. The fourth-order valence-corrected chi connectivity index (χ4v) is 2.32. The third kappa shape index (κ3) is 1.49. The fourth-order valence-electron chi connectivity index (χ4n) is 2.32. The molecule has 0 saturated carbocycles. The van der Waals surface area contributed by atoms with Gasteiger partial charge in [0.2, 0.25) is 5.95 Å². The van der Waals surface area contributed by atoms with Crippen molar-refractivity contribution in [3.8, 4) is 0 Å². The van der Waals surface area contributed by atoms with E-state index in [1.807, 2.05) is 19.2 Å². The summed E-state index contributed by atoms with van der Waals surface area (Å²) in [5, 5.41) is 0. The Morgan fingerprint density at radius 1 is 1.47 bits per heavy atom. The summed E-state index contributed by atoms with van der Waals surface area (Å²) in [7, 11) is 0. The zero-order chi connectivity index (χ0) is 10.3. The van der Waals surface area contributed by atoms with Crippen molar-refractivity contribution in [3.05, 3.63) is 18.0 Å². The molecule has 2 aliphatic rings. The smallest absolute Gasteiger partial charge is 0.225 e. The second-order valence-corrected chi connectivity index (χ2v) is 4.66. The molecule has 0 bridgehead atoms. The Morgan fingerprint density at radius 3 is 2.93 bits per heavy atom. The van der Waals surface area contributed by atoms with Crippen LogP contribution in [-0.2, 0) is 4.74 Å². The molecule has 2 fully saturated rings. The summed E-state index contributed by atoms with van der Waals surface area (Å²) >= 11 is 0. The topological polar surface area (TPSA) is 38.2 Å². The van der Waals surface area contributed by atoms with Gasteiger partial charge >= 0.3 is 0 Å². The molecule has 0 unspecified atom stereocenters. The molecule has 80 valence electrons. The van der Waals surface area contributed by atoms with Crippen molar-refractivity contribution < 1.29 is 4.74 Å². The second-order valence-electron chi connectivity index (χ2n) is 4.66. The highest BCUT2D eigenvalue weighted by Crippen LogP contribution is 2.38. The van der Waals surface area contributed by atoms with Crippen LogP contribution in [0.3, 0.4) is 0 Å². The van der Waals surface area contributed by atoms with Gasteiger partial charge in [0.15, 0.2) is 0 Å². The lowest BCUT2D eigenvalue weighted by Gasteiger charge is -2.37. The van der Waals surface area contributed by atoms with Crippen LogP contribution < -0.4 is 4.90 Å². The van der Waals surface area contributed by atoms with E-state index >= 15 is 0 Å². The third-order valence-corrected chi connectivity index (χ3v) is 3.32. The lowest BCUT2D eigenvalue weighted by atomic mass is 9.85. The minimum absolute atomic E-state index is 0.410. The Hall–Kier alpha value is -1.16. The lowest BCUT2D eigenvalue weighted by Crippen LogP contribution is -2.44. The lowest BCUT2D eigenvalue weighted by molar-refractivity contribution is -0.0985. The Kier molecular flexibility index (Phi) is 1.92. The Bertz CT molecular complexity index is 376. The van der Waals surface area contributed by atoms with Crippen molar-refractivity contribution in [1.29, 1.82) is 0 Å². The second kappa shape index (κ2) is 3.17. The maximum atomic E-state index is 5.30. The van der Waals surface area contributed by atoms with Gasteiger partial charge in [-0.2, -0.15) is 0 Å². The number of anilines is 1. The van der Waals surface area contributed by atoms with E-state index in [9.17, 15) is 0 Å². The largest absolute Gasteiger partial charge is 0.380 e. The summed E-state index contributed by atoms with van der Waals surface area (Å²) in [5.41, 5.74) is 1.44. The summed E-state index contributed by atoms with van der Waals surface area (Å²) in [6.07, 6.45) is 3.05. The summed E-state index contributed by atoms with van der Waals surface area (Å²) in [6.45, 7) is 5.94. The van der Waals surface area contributed by atoms with Crippen LogP contribution in [0.1, 0.15) is 12.1 Å². The molecule has 4 nitrogen and oxygen atoms in total. The molecule has 15 heavy (non-hydrogen) atoms. The van der Waals surface area contributed by atoms with E-state index in [-0.39, 0.29) is 0 Å². The van der Waals surface area contributed by atoms with E-state index in [0.29, 0.717) is 5.41 Å². The van der Waals surface area contributed by atoms with Crippen molar-refractivity contribution in [2.75, 3.05) is 31.2 Å². The molecular formula is C11H15N3O. The first-order valence-electron chi connectivity index (χ1n) is 5.40. The van der Waals surface area contributed by atoms with Crippen molar-refractivity contribution >= 4 is 5.95 Å². The summed E-state index contributed by atoms with van der Waals surface area (Å²) in [6, 6.07) is 1.93. The van der Waals surface area contributed by atoms with Crippen LogP contribution in [0, 0.1) is 12.3 Å². The van der Waals surface area contributed by atoms with Crippen LogP contribution in [0.4, 0.5) is 5.95 Å². The third-order valence-electron chi connectivity index (χ3n) is 3.32. The molecule has 1 aromatic heterocycles. The number of aryl methyl sites for hydroxylation is 1. The van der Waals surface area contributed by atoms with Gasteiger partial charge in [-0.05, 0) is 19.4 Å². The van der Waals surface area contributed by atoms with E-state index in [1.165, 1.54) is 6.42 Å². The molecule has 4 heteroatoms. The standard InChI is InChI=1S/C11H15N3O/c1-9-2-4-12-10(13-9)14-5-3-11(6-14)7-15-8-11/h2,4H,3,5-8H2,1H3. The van der Waals surface area contributed by atoms with E-state index in [0.717, 1.165) is 37.9 Å². The monoisotopic (exact) mass is 205 g/mol. The maximum Gasteiger partial charge on any atom is 0.225 e. The zero-order valence-electron chi connectivity index (χ0n) is 8.94. The first-order valence-corrected chi connectivity index (χ1v) is 5.40. The van der Waals surface area contributed by atoms with Crippen molar-refractivity contribution in [1.82, 2.24) is 9.97 Å². The van der Waals surface area contributed by atoms with E-state index in [2.05, 4.69) is 14.9 Å². The normalized spacial score (nSPS) is 23.1. The van der Waals surface area contributed by atoms with Gasteiger partial charge in [-0.25, -0.2) is 9.97 Å². The Labute approximate surface area is 89.3 Å². The number of hydrogen-bond acceptors (Lipinski definition) is 4. The van der Waals surface area contributed by atoms with E-state index < -0.39 is 0 Å². The quantitative estimate of drug-likeness (QED) is 0.686. The van der Waals surface area contributed by atoms with Crippen molar-refractivity contribution in [3.63, 3.8) is 0 Å². The average molecular weight is 205 g/mol. The van der Waals surface area contributed by atoms with Gasteiger partial charge in [0.05, 0.1) is 13.2 Å². The van der Waals surface area contributed by atoms with Gasteiger partial charge < -0.3 is 9.64 Å². The predicted molar refractivity (Wildman–Crippen MR) is 56.9 cm³/mol. The van der Waals surface area contributed by atoms with Crippen LogP contribution in [0.15, 0.2) is 12.3 Å². The first kappa shape index (κ1) is 9.09. The van der Waals surface area contributed by atoms with Crippen LogP contribution >= 0.6 is 0 Å². The fraction of sp³-hybridized carbons (Fsp3) is 0.636. The molecule has 0 amide bonds. The Morgan fingerprint density at radius 2 is 2.33 bits per heavy atom. The summed E-state index contributed by atoms with van der Waals surface area (Å²) in [5.74, 6) is 0.874. The Balaban J connectivity index is 1.79. The number of ether oxygens (including phenoxy) is 1. The van der Waals surface area contributed by atoms with Crippen molar-refractivity contribution in [2.24, 2.45) is 5.41 Å². The predicted octanol–water partition coefficient (Wildman–Crippen LogP) is 1.01. The molecule has 3 heterocycles. The first-order chi connectivity index (χ1) is 7.27. The van der Waals surface area contributed by atoms with Crippen LogP contribution in [0.5, 0.6) is 0 Å². The molecule has 0 N–H and O–H groups in total. The molecule has 2 aliphatic heterocycles. The number of nitrogens with zero attached hydrogens (tertiary/aromatic N) is 3. The zero-order valence-corrected chi connectivity index (χ0v) is 8.94. The van der Waals surface area contributed by atoms with Gasteiger partial charge in [0.25, 0.3) is 0 Å². The highest BCUT2D eigenvalue weighted by Gasteiger charge is 2.45. The SMILES string of the molecule is Cc1ccnc(N2CCC3(COC3)C2)n1. The molecule has 3 rings (SSSR count). The maximum absolute atomic E-state index is 5.30. The number of aromatic nitrogens is 2. The van der Waals surface area contributed by atoms with E-state index in [4.69, 9.17) is 4.74 Å². The highest BCUT2D eigenvalue weighted by atomic mass is 16.5. The van der Waals surface area contributed by atoms with E-state index in [1.54, 1.807) is 0 Å². The molecule has 2 saturated heterocycles. The van der Waals surface area contributed by atoms with Gasteiger partial charge in [-0.1, -0.05) is 0 Å². The van der Waals surface area contributed by atoms with Crippen molar-refractivity contribution in [2.45, 2.75) is 13.3 Å². The van der Waals surface area contributed by atoms with Crippen LogP contribution in [0.25, 0.3) is 0 Å². The minimum Gasteiger partial charge on any atom is -0.380 e. The summed E-state index contributed by atoms with van der Waals surface area (Å²) < 4.78 is 5.30. The molecule has 0 radical (unpaired) electrons.